The van der Waals surface area contributed by atoms with Crippen LogP contribution in [0.1, 0.15) is 142 Å². The molecule has 0 aliphatic rings. The summed E-state index contributed by atoms with van der Waals surface area (Å²) in [5.41, 5.74) is 0. The third-order valence-electron chi connectivity index (χ3n) is 6.14. The average Bonchev–Trinajstić information content (AvgIpc) is 2.73. The van der Waals surface area contributed by atoms with Crippen molar-refractivity contribution in [2.75, 3.05) is 7.11 Å². The molecule has 0 bridgehead atoms. The number of hydrogen-bond acceptors (Lipinski definition) is 4. The van der Waals surface area contributed by atoms with Crippen LogP contribution in [0.2, 0.25) is 0 Å². The number of carbonyl (C=O) groups is 1. The fourth-order valence-electron chi connectivity index (χ4n) is 4.10. The maximum atomic E-state index is 11.4. The minimum absolute atomic E-state index is 0.129. The van der Waals surface area contributed by atoms with Gasteiger partial charge in [-0.3, -0.25) is 9.35 Å². The maximum Gasteiger partial charge on any atom is 0.326 e. The van der Waals surface area contributed by atoms with Crippen LogP contribution in [0.4, 0.5) is 0 Å². The van der Waals surface area contributed by atoms with E-state index >= 15 is 0 Å². The van der Waals surface area contributed by atoms with Crippen molar-refractivity contribution in [2.45, 2.75) is 147 Å². The molecule has 31 heavy (non-hydrogen) atoms. The van der Waals surface area contributed by atoms with Crippen molar-refractivity contribution in [2.24, 2.45) is 0 Å². The Morgan fingerprint density at radius 3 is 1.19 bits per heavy atom. The summed E-state index contributed by atoms with van der Waals surface area (Å²) in [5, 5.41) is -1.44. The highest BCUT2D eigenvalue weighted by Gasteiger charge is 2.31. The van der Waals surface area contributed by atoms with Gasteiger partial charge in [0.15, 0.2) is 5.25 Å². The summed E-state index contributed by atoms with van der Waals surface area (Å²) in [7, 11) is -3.24. The maximum absolute atomic E-state index is 11.4. The molecule has 0 aromatic carbocycles. The number of carbonyl (C=O) groups excluding carboxylic acids is 1. The Morgan fingerprint density at radius 1 is 0.645 bits per heavy atom. The van der Waals surface area contributed by atoms with E-state index in [9.17, 15) is 13.2 Å². The lowest BCUT2D eigenvalue weighted by molar-refractivity contribution is -0.140. The first-order valence-corrected chi connectivity index (χ1v) is 14.5. The molecule has 0 saturated heterocycles. The van der Waals surface area contributed by atoms with Crippen LogP contribution < -0.4 is 0 Å². The predicted octanol–water partition coefficient (Wildman–Crippen LogP) is 7.63. The molecule has 186 valence electrons. The third kappa shape index (κ3) is 19.8. The summed E-state index contributed by atoms with van der Waals surface area (Å²) in [6.45, 7) is 2.27. The highest BCUT2D eigenvalue weighted by molar-refractivity contribution is 7.87. The van der Waals surface area contributed by atoms with Crippen LogP contribution in [0.3, 0.4) is 0 Å². The molecule has 0 rings (SSSR count). The Balaban J connectivity index is 3.32. The number of hydrogen-bond donors (Lipinski definition) is 1. The van der Waals surface area contributed by atoms with Crippen molar-refractivity contribution in [3.05, 3.63) is 0 Å². The number of ether oxygens (including phenoxy) is 1. The van der Waals surface area contributed by atoms with E-state index in [-0.39, 0.29) is 6.42 Å². The second-order valence-corrected chi connectivity index (χ2v) is 10.6. The summed E-state index contributed by atoms with van der Waals surface area (Å²) in [4.78, 5) is 11.4. The van der Waals surface area contributed by atoms with Crippen molar-refractivity contribution < 1.29 is 22.5 Å². The normalized spacial score (nSPS) is 12.7. The first kappa shape index (κ1) is 30.4. The summed E-state index contributed by atoms with van der Waals surface area (Å²) >= 11 is 0. The smallest absolute Gasteiger partial charge is 0.326 e. The minimum atomic E-state index is -4.38. The largest absolute Gasteiger partial charge is 0.468 e. The molecule has 0 amide bonds. The minimum Gasteiger partial charge on any atom is -0.468 e. The van der Waals surface area contributed by atoms with E-state index in [2.05, 4.69) is 11.7 Å². The van der Waals surface area contributed by atoms with Gasteiger partial charge in [0.2, 0.25) is 0 Å². The van der Waals surface area contributed by atoms with E-state index in [0.717, 1.165) is 26.4 Å². The molecular weight excluding hydrogens is 412 g/mol. The van der Waals surface area contributed by atoms with Crippen molar-refractivity contribution in [3.63, 3.8) is 0 Å². The van der Waals surface area contributed by atoms with Crippen molar-refractivity contribution in [3.8, 4) is 0 Å². The standard InChI is InChI=1S/C25H50O5S/c1-3-4-5-6-7-8-9-10-11-12-13-14-15-16-17-18-19-20-21-22-23-24(25(26)30-2)31(27,28)29/h24H,3-23H2,1-2H3,(H,27,28,29). The molecule has 6 heteroatoms. The summed E-state index contributed by atoms with van der Waals surface area (Å²) in [5.74, 6) is -0.875. The summed E-state index contributed by atoms with van der Waals surface area (Å²) in [6, 6.07) is 0. The monoisotopic (exact) mass is 462 g/mol. The van der Waals surface area contributed by atoms with E-state index in [1.54, 1.807) is 0 Å². The quantitative estimate of drug-likeness (QED) is 0.0959. The van der Waals surface area contributed by atoms with Gasteiger partial charge in [-0.2, -0.15) is 8.42 Å². The molecule has 0 aromatic rings. The molecule has 0 fully saturated rings. The molecular formula is C25H50O5S. The van der Waals surface area contributed by atoms with E-state index in [4.69, 9.17) is 4.55 Å². The van der Waals surface area contributed by atoms with Crippen molar-refractivity contribution >= 4 is 16.1 Å². The highest BCUT2D eigenvalue weighted by atomic mass is 32.2. The zero-order valence-electron chi connectivity index (χ0n) is 20.4. The fraction of sp³-hybridized carbons (Fsp3) is 0.960. The molecule has 1 atom stereocenters. The molecule has 0 saturated carbocycles. The van der Waals surface area contributed by atoms with Crippen LogP contribution in [-0.4, -0.2) is 31.3 Å². The van der Waals surface area contributed by atoms with Crippen molar-refractivity contribution in [1.29, 1.82) is 0 Å². The highest BCUT2D eigenvalue weighted by Crippen LogP contribution is 2.16. The molecule has 1 N–H and O–H groups in total. The van der Waals surface area contributed by atoms with Gasteiger partial charge in [-0.05, 0) is 6.42 Å². The lowest BCUT2D eigenvalue weighted by atomic mass is 10.0. The number of methoxy groups -OCH3 is 1. The van der Waals surface area contributed by atoms with Gasteiger partial charge in [0.1, 0.15) is 0 Å². The third-order valence-corrected chi connectivity index (χ3v) is 7.29. The molecule has 0 spiro atoms. The Bertz CT molecular complexity index is 504. The molecule has 0 aliphatic heterocycles. The molecule has 0 heterocycles. The van der Waals surface area contributed by atoms with Crippen LogP contribution in [0.5, 0.6) is 0 Å². The van der Waals surface area contributed by atoms with Gasteiger partial charge in [0.05, 0.1) is 7.11 Å². The average molecular weight is 463 g/mol. The molecule has 0 aromatic heterocycles. The fourth-order valence-corrected chi connectivity index (χ4v) is 4.91. The second-order valence-electron chi connectivity index (χ2n) is 9.03. The Morgan fingerprint density at radius 2 is 0.935 bits per heavy atom. The Labute approximate surface area is 192 Å². The van der Waals surface area contributed by atoms with Gasteiger partial charge in [0, 0.05) is 0 Å². The van der Waals surface area contributed by atoms with E-state index in [0.29, 0.717) is 6.42 Å². The topological polar surface area (TPSA) is 80.7 Å². The van der Waals surface area contributed by atoms with Gasteiger partial charge in [0.25, 0.3) is 10.1 Å². The Kier molecular flexibility index (Phi) is 20.8. The van der Waals surface area contributed by atoms with Crippen LogP contribution in [0, 0.1) is 0 Å². The van der Waals surface area contributed by atoms with Crippen LogP contribution in [0.25, 0.3) is 0 Å². The zero-order chi connectivity index (χ0) is 23.2. The predicted molar refractivity (Wildman–Crippen MR) is 130 cm³/mol. The van der Waals surface area contributed by atoms with Crippen LogP contribution in [0.15, 0.2) is 0 Å². The molecule has 0 aliphatic carbocycles. The van der Waals surface area contributed by atoms with E-state index < -0.39 is 21.3 Å². The van der Waals surface area contributed by atoms with Crippen molar-refractivity contribution in [1.82, 2.24) is 0 Å². The second kappa shape index (κ2) is 21.2. The first-order chi connectivity index (χ1) is 14.9. The Hall–Kier alpha value is -0.620. The van der Waals surface area contributed by atoms with Gasteiger partial charge in [-0.25, -0.2) is 0 Å². The molecule has 5 nitrogen and oxygen atoms in total. The van der Waals surface area contributed by atoms with Crippen LogP contribution >= 0.6 is 0 Å². The number of esters is 1. The summed E-state index contributed by atoms with van der Waals surface area (Å²) in [6.07, 6.45) is 25.8. The summed E-state index contributed by atoms with van der Waals surface area (Å²) < 4.78 is 36.0. The zero-order valence-corrected chi connectivity index (χ0v) is 21.2. The van der Waals surface area contributed by atoms with Gasteiger partial charge >= 0.3 is 5.97 Å². The van der Waals surface area contributed by atoms with Gasteiger partial charge in [-0.1, -0.05) is 135 Å². The molecule has 1 unspecified atom stereocenters. The lowest BCUT2D eigenvalue weighted by Crippen LogP contribution is -2.30. The van der Waals surface area contributed by atoms with E-state index in [1.165, 1.54) is 103 Å². The van der Waals surface area contributed by atoms with Gasteiger partial charge < -0.3 is 4.74 Å². The SMILES string of the molecule is CCCCCCCCCCCCCCCCCCCCCCC(C(=O)OC)S(=O)(=O)O. The van der Waals surface area contributed by atoms with Gasteiger partial charge in [-0.15, -0.1) is 0 Å². The lowest BCUT2D eigenvalue weighted by Gasteiger charge is -2.11. The number of unbranched alkanes of at least 4 members (excludes halogenated alkanes) is 19. The number of rotatable bonds is 23. The van der Waals surface area contributed by atoms with Crippen LogP contribution in [-0.2, 0) is 19.6 Å². The first-order valence-electron chi connectivity index (χ1n) is 13.0. The molecule has 0 radical (unpaired) electrons. The van der Waals surface area contributed by atoms with E-state index in [1.807, 2.05) is 0 Å².